The second kappa shape index (κ2) is 8.75. The number of ether oxygens (including phenoxy) is 2. The van der Waals surface area contributed by atoms with Gasteiger partial charge in [-0.05, 0) is 78.1 Å². The number of methoxy groups -OCH3 is 1. The van der Waals surface area contributed by atoms with E-state index >= 15 is 0 Å². The second-order valence-corrected chi connectivity index (χ2v) is 7.50. The zero-order valence-electron chi connectivity index (χ0n) is 16.7. The van der Waals surface area contributed by atoms with E-state index < -0.39 is 0 Å². The van der Waals surface area contributed by atoms with E-state index in [9.17, 15) is 0 Å². The zero-order chi connectivity index (χ0) is 20.2. The molecule has 1 saturated heterocycles. The van der Waals surface area contributed by atoms with Crippen LogP contribution in [-0.2, 0) is 6.67 Å². The van der Waals surface area contributed by atoms with Gasteiger partial charge in [0, 0.05) is 18.4 Å². The van der Waals surface area contributed by atoms with E-state index in [1.165, 1.54) is 16.9 Å². The summed E-state index contributed by atoms with van der Waals surface area (Å²) < 4.78 is 14.9. The Morgan fingerprint density at radius 3 is 2.48 bits per heavy atom. The first kappa shape index (κ1) is 19.6. The van der Waals surface area contributed by atoms with Crippen molar-refractivity contribution in [2.75, 3.05) is 20.3 Å². The molecule has 0 spiro atoms. The fourth-order valence-electron chi connectivity index (χ4n) is 3.92. The largest absolute Gasteiger partial charge is 0.497 e. The number of aromatic nitrogens is 4. The molecule has 1 aliphatic rings. The van der Waals surface area contributed by atoms with Crippen molar-refractivity contribution in [3.05, 3.63) is 58.9 Å². The highest BCUT2D eigenvalue weighted by molar-refractivity contribution is 7.71. The summed E-state index contributed by atoms with van der Waals surface area (Å²) in [5.74, 6) is 1.72. The Bertz CT molecular complexity index is 997. The van der Waals surface area contributed by atoms with E-state index in [0.29, 0.717) is 24.1 Å². The Morgan fingerprint density at radius 2 is 1.79 bits per heavy atom. The third-order valence-corrected chi connectivity index (χ3v) is 5.77. The molecule has 0 amide bonds. The highest BCUT2D eigenvalue weighted by Crippen LogP contribution is 2.22. The molecule has 8 heteroatoms. The summed E-state index contributed by atoms with van der Waals surface area (Å²) in [7, 11) is 1.65. The van der Waals surface area contributed by atoms with Gasteiger partial charge in [-0.25, -0.2) is 0 Å². The molecule has 152 valence electrons. The quantitative estimate of drug-likeness (QED) is 0.605. The van der Waals surface area contributed by atoms with Crippen LogP contribution < -0.4 is 14.4 Å². The fraction of sp³-hybridized carbons (Fsp3) is 0.381. The van der Waals surface area contributed by atoms with Crippen LogP contribution in [0.2, 0.25) is 0 Å². The summed E-state index contributed by atoms with van der Waals surface area (Å²) in [6.45, 7) is 4.48. The predicted octanol–water partition coefficient (Wildman–Crippen LogP) is 2.58. The maximum Gasteiger partial charge on any atom is 0.225 e. The summed E-state index contributed by atoms with van der Waals surface area (Å²) in [5.41, 5.74) is 2.21. The predicted molar refractivity (Wildman–Crippen MR) is 112 cm³/mol. The molecule has 2 heterocycles. The summed E-state index contributed by atoms with van der Waals surface area (Å²) >= 11 is 5.64. The van der Waals surface area contributed by atoms with Crippen molar-refractivity contribution in [1.82, 2.24) is 19.8 Å². The molecule has 3 aromatic rings. The first-order valence-electron chi connectivity index (χ1n) is 9.94. The minimum absolute atomic E-state index is 0.429. The Hall–Kier alpha value is -2.71. The Kier molecular flexibility index (Phi) is 5.92. The van der Waals surface area contributed by atoms with Gasteiger partial charge < -0.3 is 14.4 Å². The summed E-state index contributed by atoms with van der Waals surface area (Å²) in [4.78, 5) is 1.45. The summed E-state index contributed by atoms with van der Waals surface area (Å²) in [5, 5.41) is 8.59. The van der Waals surface area contributed by atoms with Crippen LogP contribution in [0.25, 0.3) is 5.69 Å². The molecule has 29 heavy (non-hydrogen) atoms. The van der Waals surface area contributed by atoms with Crippen LogP contribution in [0, 0.1) is 4.77 Å². The van der Waals surface area contributed by atoms with Crippen molar-refractivity contribution in [1.29, 1.82) is 0 Å². The fourth-order valence-corrected chi connectivity index (χ4v) is 4.16. The highest BCUT2D eigenvalue weighted by Gasteiger charge is 2.30. The van der Waals surface area contributed by atoms with E-state index in [-0.39, 0.29) is 0 Å². The Balaban J connectivity index is 1.51. The first-order chi connectivity index (χ1) is 14.2. The Morgan fingerprint density at radius 1 is 1.07 bits per heavy atom. The molecule has 0 radical (unpaired) electrons. The van der Waals surface area contributed by atoms with Crippen molar-refractivity contribution in [3.63, 3.8) is 0 Å². The average Bonchev–Trinajstić information content (AvgIpc) is 3.36. The maximum atomic E-state index is 5.64. The van der Waals surface area contributed by atoms with Gasteiger partial charge in [-0.2, -0.15) is 9.36 Å². The van der Waals surface area contributed by atoms with E-state index in [2.05, 4.69) is 34.7 Å². The average molecular weight is 413 g/mol. The highest BCUT2D eigenvalue weighted by atomic mass is 32.1. The van der Waals surface area contributed by atoms with Crippen molar-refractivity contribution < 1.29 is 14.4 Å². The Labute approximate surface area is 175 Å². The molecule has 0 bridgehead atoms. The van der Waals surface area contributed by atoms with Crippen LogP contribution in [0.15, 0.2) is 48.5 Å². The van der Waals surface area contributed by atoms with E-state index in [1.807, 2.05) is 35.9 Å². The minimum Gasteiger partial charge on any atom is -0.497 e. The van der Waals surface area contributed by atoms with Crippen LogP contribution in [0.1, 0.15) is 31.4 Å². The number of rotatable bonds is 7. The van der Waals surface area contributed by atoms with Gasteiger partial charge in [0.1, 0.15) is 17.5 Å². The number of hydrogen-bond acceptors (Lipinski definition) is 5. The number of tetrazole rings is 1. The van der Waals surface area contributed by atoms with Gasteiger partial charge in [0.2, 0.25) is 4.77 Å². The number of quaternary nitrogens is 1. The van der Waals surface area contributed by atoms with Crippen LogP contribution in [0.5, 0.6) is 11.5 Å². The van der Waals surface area contributed by atoms with Crippen LogP contribution >= 0.6 is 12.2 Å². The molecule has 7 nitrogen and oxygen atoms in total. The van der Waals surface area contributed by atoms with Gasteiger partial charge in [-0.1, -0.05) is 0 Å². The molecule has 2 aromatic carbocycles. The first-order valence-corrected chi connectivity index (χ1v) is 10.3. The van der Waals surface area contributed by atoms with Crippen molar-refractivity contribution in [2.24, 2.45) is 0 Å². The summed E-state index contributed by atoms with van der Waals surface area (Å²) in [6, 6.07) is 16.5. The van der Waals surface area contributed by atoms with Crippen LogP contribution in [0.4, 0.5) is 0 Å². The lowest BCUT2D eigenvalue weighted by Crippen LogP contribution is -3.09. The molecule has 1 unspecified atom stereocenters. The number of nitrogens with one attached hydrogen (secondary N) is 1. The minimum atomic E-state index is 0.429. The molecule has 0 aliphatic carbocycles. The molecule has 1 fully saturated rings. The molecule has 1 aromatic heterocycles. The topological polar surface area (TPSA) is 58.5 Å². The van der Waals surface area contributed by atoms with E-state index in [0.717, 1.165) is 30.2 Å². The SMILES string of the molecule is CCOc1ccc([C@H]2CCC[NH+]2Cn2nnn(-c3ccc(OC)cc3)c2=S)cc1. The van der Waals surface area contributed by atoms with Gasteiger partial charge in [-0.15, -0.1) is 0 Å². The van der Waals surface area contributed by atoms with Gasteiger partial charge >= 0.3 is 0 Å². The van der Waals surface area contributed by atoms with Gasteiger partial charge in [0.05, 0.1) is 25.9 Å². The molecule has 0 saturated carbocycles. The monoisotopic (exact) mass is 412 g/mol. The lowest BCUT2D eigenvalue weighted by atomic mass is 10.0. The van der Waals surface area contributed by atoms with Crippen molar-refractivity contribution in [3.8, 4) is 17.2 Å². The lowest BCUT2D eigenvalue weighted by molar-refractivity contribution is -0.941. The number of hydrogen-bond donors (Lipinski definition) is 1. The van der Waals surface area contributed by atoms with Gasteiger partial charge in [-0.3, -0.25) is 0 Å². The maximum absolute atomic E-state index is 5.64. The van der Waals surface area contributed by atoms with Crippen molar-refractivity contribution in [2.45, 2.75) is 32.5 Å². The standard InChI is InChI=1S/C21H25N5O2S/c1-3-28-19-10-6-16(7-11-19)20-5-4-14-24(20)15-25-21(29)26(23-22-25)17-8-12-18(27-2)13-9-17/h6-13,20H,3-5,14-15H2,1-2H3/p+1/t20-/m1/s1. The number of likely N-dealkylation sites (tertiary alicyclic amines) is 1. The molecular weight excluding hydrogens is 386 g/mol. The number of benzene rings is 2. The smallest absolute Gasteiger partial charge is 0.225 e. The molecule has 1 aliphatic heterocycles. The third-order valence-electron chi connectivity index (χ3n) is 5.39. The lowest BCUT2D eigenvalue weighted by Gasteiger charge is -2.21. The van der Waals surface area contributed by atoms with Crippen LogP contribution in [0.3, 0.4) is 0 Å². The summed E-state index contributed by atoms with van der Waals surface area (Å²) in [6.07, 6.45) is 2.34. The van der Waals surface area contributed by atoms with Crippen LogP contribution in [-0.4, -0.2) is 40.1 Å². The molecule has 2 atom stereocenters. The van der Waals surface area contributed by atoms with Crippen molar-refractivity contribution >= 4 is 12.2 Å². The zero-order valence-corrected chi connectivity index (χ0v) is 17.6. The van der Waals surface area contributed by atoms with E-state index in [1.54, 1.807) is 11.8 Å². The van der Waals surface area contributed by atoms with E-state index in [4.69, 9.17) is 21.7 Å². The molecular formula is C21H26N5O2S+. The molecule has 4 rings (SSSR count). The van der Waals surface area contributed by atoms with Gasteiger partial charge in [0.15, 0.2) is 6.67 Å². The number of nitrogens with zero attached hydrogens (tertiary/aromatic N) is 4. The van der Waals surface area contributed by atoms with Gasteiger partial charge in [0.25, 0.3) is 0 Å². The second-order valence-electron chi connectivity index (χ2n) is 7.13. The third kappa shape index (κ3) is 4.18. The molecule has 1 N–H and O–H groups in total. The normalized spacial score (nSPS) is 18.7.